The summed E-state index contributed by atoms with van der Waals surface area (Å²) in [6, 6.07) is 1.37. The largest absolute Gasteiger partial charge is 1.00 e. The van der Waals surface area contributed by atoms with Gasteiger partial charge in [-0.1, -0.05) is 220 Å². The van der Waals surface area contributed by atoms with Crippen molar-refractivity contribution in [2.24, 2.45) is 0 Å². The molecule has 4 amide bonds. The summed E-state index contributed by atoms with van der Waals surface area (Å²) in [6.07, 6.45) is 43.0. The van der Waals surface area contributed by atoms with E-state index >= 15 is 0 Å². The molecule has 0 fully saturated rings. The van der Waals surface area contributed by atoms with Crippen LogP contribution in [-0.2, 0) is 65.4 Å². The van der Waals surface area contributed by atoms with E-state index in [1.54, 1.807) is 0 Å². The molecule has 25 nitrogen and oxygen atoms in total. The zero-order chi connectivity index (χ0) is 80.3. The predicted octanol–water partition coefficient (Wildman–Crippen LogP) is 11.3. The molecule has 0 aromatic heterocycles. The van der Waals surface area contributed by atoms with Crippen LogP contribution >= 0.6 is 15.6 Å². The van der Waals surface area contributed by atoms with Crippen LogP contribution in [0.5, 0.6) is 5.75 Å². The number of carbonyl (C=O) groups excluding carboxylic acids is 6. The summed E-state index contributed by atoms with van der Waals surface area (Å²) >= 11 is 0. The minimum atomic E-state index is -4.85. The molecule has 0 saturated carbocycles. The van der Waals surface area contributed by atoms with Crippen molar-refractivity contribution >= 4 is 51.2 Å². The number of phenols is 1. The van der Waals surface area contributed by atoms with Crippen LogP contribution in [0.25, 0.3) is 0 Å². The van der Waals surface area contributed by atoms with E-state index in [4.69, 9.17) is 37.0 Å². The average Bonchev–Trinajstić information content (AvgIpc) is 0.849. The van der Waals surface area contributed by atoms with Crippen LogP contribution in [0.3, 0.4) is 0 Å². The first-order valence-corrected chi connectivity index (χ1v) is 45.0. The molecule has 4 unspecified atom stereocenters. The van der Waals surface area contributed by atoms with Crippen molar-refractivity contribution in [1.29, 1.82) is 0 Å². The van der Waals surface area contributed by atoms with E-state index in [0.717, 1.165) is 185 Å². The SMILES string of the molecule is CCCCCC/C=C\CCCC(=O)O[C@H](CCCCCCC)CC(=O)NC(COCC[C@H](O)CCCCCCC)COP(=O)(O)OCCNC(=O)c1cc(O)cc(C(=O)NCCOP(=O)(O)OCC(COCC[C@H](O)CCCCCCC)NC(=O)C[C@@H](CCCCCCC)OC(=O)CCC/C=C\CCCCCC)c1.[H-].[H-].[Na+].[Na+]. The maximum Gasteiger partial charge on any atom is 1.00 e. The number of unbranched alkanes of at least 4 members (excludes halogenated alkanes) is 26. The number of carbonyl (C=O) groups is 6. The predicted molar refractivity (Wildman–Crippen MR) is 431 cm³/mol. The van der Waals surface area contributed by atoms with Gasteiger partial charge in [0.05, 0.1) is 76.8 Å². The zero-order valence-corrected chi connectivity index (χ0v) is 75.6. The number of allylic oxidation sites excluding steroid dienone is 4. The third kappa shape index (κ3) is 67.0. The van der Waals surface area contributed by atoms with E-state index in [2.05, 4.69) is 87.1 Å². The third-order valence-corrected chi connectivity index (χ3v) is 20.4. The molecule has 0 bridgehead atoms. The van der Waals surface area contributed by atoms with Gasteiger partial charge in [-0.05, 0) is 121 Å². The molecule has 29 heteroatoms. The Balaban J connectivity index is -0.0000149. The van der Waals surface area contributed by atoms with Crippen LogP contribution in [0.2, 0.25) is 0 Å². The number of benzene rings is 1. The Morgan fingerprint density at radius 1 is 0.405 bits per heavy atom. The van der Waals surface area contributed by atoms with Gasteiger partial charge >= 0.3 is 86.7 Å². The standard InChI is InChI=1S/C82H148N4O21P2.2Na.2H/c1-7-13-19-25-27-29-31-37-43-49-79(92)106-75(47-41-35-23-17-11-5)62-77(90)85-70(64-100-55-51-72(87)45-39-33-21-15-9-3)66-104-108(96,97)102-57-53-83-81(94)68-59-69(61-74(89)60-68)82(95)84-54-58-103-109(98,99)105-67-71(65-101-56-52-73(88)46-40-34-22-16-10-4)86-78(91)63-76(48-42-36-24-18-12-6)107-80(93)50-44-38-32-30-28-26-20-14-8-2;;;;/h29-32,59-61,70-73,75-76,87-89H,7-28,33-58,62-67H2,1-6H3,(H,83,94)(H,84,95)(H,85,90)(H,86,91)(H,96,97)(H,98,99);;;;/q;2*+1;2*-1/b31-29-,32-30-;;;;/t70?,71?,72-,73-,75-,76-;;;;/m1..../s1. The van der Waals surface area contributed by atoms with Gasteiger partial charge < -0.3 is 68.2 Å². The maximum atomic E-state index is 13.7. The summed E-state index contributed by atoms with van der Waals surface area (Å²) < 4.78 is 71.0. The van der Waals surface area contributed by atoms with E-state index in [-0.39, 0.29) is 138 Å². The van der Waals surface area contributed by atoms with E-state index in [0.29, 0.717) is 51.4 Å². The van der Waals surface area contributed by atoms with Crippen LogP contribution in [-0.4, -0.2) is 163 Å². The van der Waals surface area contributed by atoms with Crippen LogP contribution in [0.1, 0.15) is 348 Å². The van der Waals surface area contributed by atoms with Gasteiger partial charge in [-0.2, -0.15) is 0 Å². The smallest absolute Gasteiger partial charge is 1.00 e. The van der Waals surface area contributed by atoms with E-state index in [1.165, 1.54) is 38.5 Å². The monoisotopic (exact) mass is 1640 g/mol. The number of amides is 4. The number of aliphatic hydroxyl groups is 2. The van der Waals surface area contributed by atoms with E-state index in [9.17, 15) is 63.0 Å². The molecule has 0 aliphatic heterocycles. The van der Waals surface area contributed by atoms with Gasteiger partial charge in [-0.3, -0.25) is 46.9 Å². The first-order chi connectivity index (χ1) is 52.6. The molecule has 0 radical (unpaired) electrons. The Bertz CT molecular complexity index is 2510. The number of hydrogen-bond acceptors (Lipinski definition) is 19. The van der Waals surface area contributed by atoms with Crippen molar-refractivity contribution in [2.45, 2.75) is 361 Å². The molecule has 111 heavy (non-hydrogen) atoms. The van der Waals surface area contributed by atoms with Crippen molar-refractivity contribution in [2.75, 3.05) is 65.9 Å². The van der Waals surface area contributed by atoms with Gasteiger partial charge in [-0.25, -0.2) is 9.13 Å². The third-order valence-electron chi connectivity index (χ3n) is 18.4. The molecule has 636 valence electrons. The van der Waals surface area contributed by atoms with Crippen molar-refractivity contribution < 1.29 is 162 Å². The number of aliphatic hydroxyl groups excluding tert-OH is 2. The van der Waals surface area contributed by atoms with Crippen LogP contribution in [0.15, 0.2) is 42.5 Å². The number of hydrogen-bond donors (Lipinski definition) is 9. The second-order valence-electron chi connectivity index (χ2n) is 28.9. The van der Waals surface area contributed by atoms with Crippen molar-refractivity contribution in [1.82, 2.24) is 21.3 Å². The molecule has 8 atom stereocenters. The fourth-order valence-electron chi connectivity index (χ4n) is 12.0. The molecule has 1 aromatic carbocycles. The molecule has 9 N–H and O–H groups in total. The van der Waals surface area contributed by atoms with Gasteiger partial charge in [0.25, 0.3) is 11.8 Å². The van der Waals surface area contributed by atoms with Crippen LogP contribution < -0.4 is 80.4 Å². The van der Waals surface area contributed by atoms with Crippen molar-refractivity contribution in [3.8, 4) is 5.75 Å². The number of esters is 2. The fraction of sp³-hybridized carbons (Fsp3) is 0.805. The maximum absolute atomic E-state index is 13.7. The Morgan fingerprint density at radius 2 is 0.721 bits per heavy atom. The Labute approximate surface area is 715 Å². The van der Waals surface area contributed by atoms with Gasteiger partial charge in [0, 0.05) is 50.3 Å². The molecule has 0 aliphatic rings. The number of ether oxygens (including phenoxy) is 4. The number of nitrogens with one attached hydrogen (secondary N) is 4. The van der Waals surface area contributed by atoms with E-state index in [1.807, 2.05) is 0 Å². The molecule has 0 saturated heterocycles. The molecule has 0 spiro atoms. The Kier molecular flexibility index (Phi) is 74.5. The number of rotatable bonds is 76. The van der Waals surface area contributed by atoms with E-state index < -0.39 is 120 Å². The second kappa shape index (κ2) is 74.9. The topological polar surface area (TPSA) is 360 Å². The molecular weight excluding hydrogens is 1480 g/mol. The van der Waals surface area contributed by atoms with Crippen molar-refractivity contribution in [3.63, 3.8) is 0 Å². The zero-order valence-electron chi connectivity index (χ0n) is 71.9. The number of phenolic OH excluding ortho intramolecular Hbond substituents is 1. The first-order valence-electron chi connectivity index (χ1n) is 42.0. The summed E-state index contributed by atoms with van der Waals surface area (Å²) in [5.74, 6) is -3.85. The van der Waals surface area contributed by atoms with Gasteiger partial charge in [0.15, 0.2) is 0 Å². The van der Waals surface area contributed by atoms with Crippen molar-refractivity contribution in [3.05, 3.63) is 53.6 Å². The summed E-state index contributed by atoms with van der Waals surface area (Å²) in [6.45, 7) is 9.95. The molecule has 0 aliphatic carbocycles. The van der Waals surface area contributed by atoms with Crippen LogP contribution in [0, 0.1) is 0 Å². The van der Waals surface area contributed by atoms with Gasteiger partial charge in [0.2, 0.25) is 11.8 Å². The summed E-state index contributed by atoms with van der Waals surface area (Å²) in [4.78, 5) is 102. The molecule has 1 aromatic rings. The summed E-state index contributed by atoms with van der Waals surface area (Å²) in [5.41, 5.74) is -0.358. The quantitative estimate of drug-likeness (QED) is 0.00961. The number of aromatic hydroxyl groups is 1. The van der Waals surface area contributed by atoms with Crippen LogP contribution in [0.4, 0.5) is 0 Å². The minimum absolute atomic E-state index is 0. The summed E-state index contributed by atoms with van der Waals surface area (Å²) in [5, 5.41) is 42.4. The molecule has 1 rings (SSSR count). The first kappa shape index (κ1) is 110. The molecule has 0 heterocycles. The normalized spacial score (nSPS) is 14.3. The van der Waals surface area contributed by atoms with Gasteiger partial charge in [0.1, 0.15) is 18.0 Å². The number of phosphoric acid groups is 2. The summed E-state index contributed by atoms with van der Waals surface area (Å²) in [7, 11) is -9.70. The fourth-order valence-corrected chi connectivity index (χ4v) is 13.5. The average molecular weight is 1640 g/mol. The van der Waals surface area contributed by atoms with Gasteiger partial charge in [-0.15, -0.1) is 0 Å². The Morgan fingerprint density at radius 3 is 1.06 bits per heavy atom. The number of phosphoric ester groups is 2. The second-order valence-corrected chi connectivity index (χ2v) is 31.8. The molecular formula is C82H150N4Na2O21P2. The Hall–Kier alpha value is -2.62. The minimum Gasteiger partial charge on any atom is -1.00 e.